The van der Waals surface area contributed by atoms with Crippen molar-refractivity contribution in [1.29, 1.82) is 0 Å². The van der Waals surface area contributed by atoms with Gasteiger partial charge in [0.15, 0.2) is 0 Å². The Morgan fingerprint density at radius 1 is 1.32 bits per heavy atom. The quantitative estimate of drug-likeness (QED) is 0.812. The molecule has 0 aromatic heterocycles. The van der Waals surface area contributed by atoms with Gasteiger partial charge in [0.05, 0.1) is 11.5 Å². The van der Waals surface area contributed by atoms with E-state index in [1.54, 1.807) is 0 Å². The van der Waals surface area contributed by atoms with E-state index in [-0.39, 0.29) is 23.3 Å². The van der Waals surface area contributed by atoms with Crippen LogP contribution in [0.1, 0.15) is 45.4 Å². The lowest BCUT2D eigenvalue weighted by Crippen LogP contribution is -2.43. The van der Waals surface area contributed by atoms with Gasteiger partial charge in [0, 0.05) is 19.1 Å². The molecular weight excluding hydrogens is 246 g/mol. The molecule has 0 radical (unpaired) electrons. The highest BCUT2D eigenvalue weighted by Crippen LogP contribution is 2.30. The predicted molar refractivity (Wildman–Crippen MR) is 69.7 cm³/mol. The van der Waals surface area contributed by atoms with Crippen LogP contribution in [0.4, 0.5) is 0 Å². The lowest BCUT2D eigenvalue weighted by molar-refractivity contribution is -0.144. The van der Waals surface area contributed by atoms with E-state index in [0.717, 1.165) is 32.3 Å². The fraction of sp³-hybridized carbons (Fsp3) is 0.857. The van der Waals surface area contributed by atoms with Gasteiger partial charge < -0.3 is 15.2 Å². The molecule has 1 saturated heterocycles. The predicted octanol–water partition coefficient (Wildman–Crippen LogP) is 1.56. The van der Waals surface area contributed by atoms with E-state index in [9.17, 15) is 9.59 Å². The van der Waals surface area contributed by atoms with Gasteiger partial charge in [-0.1, -0.05) is 6.42 Å². The maximum absolute atomic E-state index is 12.1. The van der Waals surface area contributed by atoms with Crippen molar-refractivity contribution in [2.24, 2.45) is 11.8 Å². The number of nitrogens with one attached hydrogen (secondary N) is 1. The van der Waals surface area contributed by atoms with Crippen LogP contribution in [0.2, 0.25) is 0 Å². The summed E-state index contributed by atoms with van der Waals surface area (Å²) in [4.78, 5) is 23.1. The third-order valence-corrected chi connectivity index (χ3v) is 4.33. The molecule has 0 bridgehead atoms. The van der Waals surface area contributed by atoms with Gasteiger partial charge in [-0.15, -0.1) is 0 Å². The van der Waals surface area contributed by atoms with Crippen molar-refractivity contribution < 1.29 is 19.4 Å². The molecule has 5 heteroatoms. The van der Waals surface area contributed by atoms with Crippen LogP contribution < -0.4 is 5.32 Å². The molecule has 1 aliphatic carbocycles. The SMILES string of the molecule is C[C@]1(CNC(=O)[C@H]2CCC[C@@H](C(=O)O)C2)CCCO1. The largest absolute Gasteiger partial charge is 0.481 e. The van der Waals surface area contributed by atoms with Crippen LogP contribution in [-0.4, -0.2) is 35.7 Å². The van der Waals surface area contributed by atoms with Gasteiger partial charge in [-0.05, 0) is 39.0 Å². The highest BCUT2D eigenvalue weighted by atomic mass is 16.5. The first kappa shape index (κ1) is 14.3. The highest BCUT2D eigenvalue weighted by molar-refractivity contribution is 5.80. The van der Waals surface area contributed by atoms with E-state index >= 15 is 0 Å². The molecule has 0 aromatic rings. The Labute approximate surface area is 113 Å². The Kier molecular flexibility index (Phi) is 4.45. The highest BCUT2D eigenvalue weighted by Gasteiger charge is 2.34. The standard InChI is InChI=1S/C14H23NO4/c1-14(6-3-7-19-14)9-15-12(16)10-4-2-5-11(8-10)13(17)18/h10-11H,2-9H2,1H3,(H,15,16)(H,17,18)/t10-,11+,14+/m0/s1. The van der Waals surface area contributed by atoms with Crippen molar-refractivity contribution in [3.05, 3.63) is 0 Å². The van der Waals surface area contributed by atoms with Crippen molar-refractivity contribution in [2.45, 2.75) is 51.0 Å². The van der Waals surface area contributed by atoms with E-state index in [1.807, 2.05) is 6.92 Å². The summed E-state index contributed by atoms with van der Waals surface area (Å²) in [5.41, 5.74) is -0.240. The van der Waals surface area contributed by atoms with Crippen molar-refractivity contribution in [3.63, 3.8) is 0 Å². The minimum absolute atomic E-state index is 0.0114. The van der Waals surface area contributed by atoms with Crippen molar-refractivity contribution >= 4 is 11.9 Å². The minimum atomic E-state index is -0.774. The van der Waals surface area contributed by atoms with E-state index in [2.05, 4.69) is 5.32 Å². The van der Waals surface area contributed by atoms with Crippen molar-refractivity contribution in [1.82, 2.24) is 5.32 Å². The summed E-state index contributed by atoms with van der Waals surface area (Å²) in [5, 5.41) is 12.0. The normalized spacial score (nSPS) is 35.0. The van der Waals surface area contributed by atoms with Crippen LogP contribution >= 0.6 is 0 Å². The Bertz CT molecular complexity index is 349. The second kappa shape index (κ2) is 5.90. The molecule has 1 amide bonds. The molecular formula is C14H23NO4. The first-order valence-electron chi connectivity index (χ1n) is 7.15. The molecule has 2 N–H and O–H groups in total. The number of carbonyl (C=O) groups excluding carboxylic acids is 1. The summed E-state index contributed by atoms with van der Waals surface area (Å²) in [6, 6.07) is 0. The first-order chi connectivity index (χ1) is 9.00. The summed E-state index contributed by atoms with van der Waals surface area (Å²) in [7, 11) is 0. The maximum Gasteiger partial charge on any atom is 0.306 e. The van der Waals surface area contributed by atoms with Gasteiger partial charge in [0.25, 0.3) is 0 Å². The lowest BCUT2D eigenvalue weighted by atomic mass is 9.81. The van der Waals surface area contributed by atoms with Gasteiger partial charge in [0.1, 0.15) is 0 Å². The van der Waals surface area contributed by atoms with Gasteiger partial charge in [-0.25, -0.2) is 0 Å². The number of rotatable bonds is 4. The summed E-state index contributed by atoms with van der Waals surface area (Å²) in [6.07, 6.45) is 4.79. The molecule has 3 atom stereocenters. The lowest BCUT2D eigenvalue weighted by Gasteiger charge is -2.28. The zero-order chi connectivity index (χ0) is 13.9. The number of hydrogen-bond donors (Lipinski definition) is 2. The molecule has 19 heavy (non-hydrogen) atoms. The third kappa shape index (κ3) is 3.69. The van der Waals surface area contributed by atoms with Crippen LogP contribution in [-0.2, 0) is 14.3 Å². The summed E-state index contributed by atoms with van der Waals surface area (Å²) < 4.78 is 5.63. The molecule has 108 valence electrons. The summed E-state index contributed by atoms with van der Waals surface area (Å²) in [5.74, 6) is -1.30. The van der Waals surface area contributed by atoms with Gasteiger partial charge >= 0.3 is 5.97 Å². The zero-order valence-electron chi connectivity index (χ0n) is 11.5. The fourth-order valence-corrected chi connectivity index (χ4v) is 3.05. The Morgan fingerprint density at radius 2 is 2.05 bits per heavy atom. The van der Waals surface area contributed by atoms with Crippen LogP contribution in [0.15, 0.2) is 0 Å². The third-order valence-electron chi connectivity index (χ3n) is 4.33. The number of carboxylic acids is 1. The number of carbonyl (C=O) groups is 2. The van der Waals surface area contributed by atoms with E-state index in [4.69, 9.17) is 9.84 Å². The smallest absolute Gasteiger partial charge is 0.306 e. The Balaban J connectivity index is 1.80. The van der Waals surface area contributed by atoms with Gasteiger partial charge in [-0.3, -0.25) is 9.59 Å². The second-order valence-corrected chi connectivity index (χ2v) is 6.02. The van der Waals surface area contributed by atoms with E-state index in [0.29, 0.717) is 19.4 Å². The number of hydrogen-bond acceptors (Lipinski definition) is 3. The number of ether oxygens (including phenoxy) is 1. The molecule has 2 fully saturated rings. The van der Waals surface area contributed by atoms with Crippen LogP contribution in [0, 0.1) is 11.8 Å². The number of carboxylic acid groups (broad SMARTS) is 1. The van der Waals surface area contributed by atoms with E-state index in [1.165, 1.54) is 0 Å². The topological polar surface area (TPSA) is 75.6 Å². The Hall–Kier alpha value is -1.10. The molecule has 1 saturated carbocycles. The zero-order valence-corrected chi connectivity index (χ0v) is 11.5. The molecule has 0 spiro atoms. The van der Waals surface area contributed by atoms with Crippen molar-refractivity contribution in [3.8, 4) is 0 Å². The average molecular weight is 269 g/mol. The van der Waals surface area contributed by atoms with Gasteiger partial charge in [-0.2, -0.15) is 0 Å². The van der Waals surface area contributed by atoms with Crippen LogP contribution in [0.5, 0.6) is 0 Å². The van der Waals surface area contributed by atoms with Gasteiger partial charge in [0.2, 0.25) is 5.91 Å². The van der Waals surface area contributed by atoms with Crippen LogP contribution in [0.3, 0.4) is 0 Å². The molecule has 1 heterocycles. The maximum atomic E-state index is 12.1. The molecule has 5 nitrogen and oxygen atoms in total. The molecule has 0 aromatic carbocycles. The fourth-order valence-electron chi connectivity index (χ4n) is 3.05. The number of amides is 1. The van der Waals surface area contributed by atoms with Crippen LogP contribution in [0.25, 0.3) is 0 Å². The monoisotopic (exact) mass is 269 g/mol. The molecule has 1 aliphatic heterocycles. The number of aliphatic carboxylic acids is 1. The minimum Gasteiger partial charge on any atom is -0.481 e. The average Bonchev–Trinajstić information content (AvgIpc) is 2.83. The molecule has 2 aliphatic rings. The van der Waals surface area contributed by atoms with Crippen molar-refractivity contribution in [2.75, 3.05) is 13.2 Å². The van der Waals surface area contributed by atoms with E-state index < -0.39 is 5.97 Å². The second-order valence-electron chi connectivity index (χ2n) is 6.02. The summed E-state index contributed by atoms with van der Waals surface area (Å²) in [6.45, 7) is 3.30. The first-order valence-corrected chi connectivity index (χ1v) is 7.15. The Morgan fingerprint density at radius 3 is 2.68 bits per heavy atom. The molecule has 2 rings (SSSR count). The molecule has 0 unspecified atom stereocenters. The summed E-state index contributed by atoms with van der Waals surface area (Å²) >= 11 is 0.